The molecule has 0 fully saturated rings. The van der Waals surface area contributed by atoms with Gasteiger partial charge in [0, 0.05) is 18.8 Å². The van der Waals surface area contributed by atoms with Crippen LogP contribution in [-0.2, 0) is 16.1 Å². The molecule has 0 aliphatic heterocycles. The molecule has 132 valence electrons. The first-order valence-corrected chi connectivity index (χ1v) is 8.04. The Morgan fingerprint density at radius 3 is 2.56 bits per heavy atom. The average Bonchev–Trinajstić information content (AvgIpc) is 2.64. The van der Waals surface area contributed by atoms with Crippen molar-refractivity contribution in [3.63, 3.8) is 0 Å². The van der Waals surface area contributed by atoms with E-state index in [0.29, 0.717) is 24.3 Å². The maximum Gasteiger partial charge on any atom is 0.340 e. The maximum atomic E-state index is 12.2. The molecule has 0 radical (unpaired) electrons. The Bertz CT molecular complexity index is 731. The topological polar surface area (TPSA) is 87.7 Å². The van der Waals surface area contributed by atoms with E-state index in [4.69, 9.17) is 9.84 Å². The lowest BCUT2D eigenvalue weighted by Crippen LogP contribution is -2.28. The largest absolute Gasteiger partial charge is 0.452 e. The normalized spacial score (nSPS) is 10.2. The minimum Gasteiger partial charge on any atom is -0.452 e. The van der Waals surface area contributed by atoms with Crippen LogP contribution in [0.5, 0.6) is 0 Å². The van der Waals surface area contributed by atoms with Crippen molar-refractivity contribution in [3.05, 3.63) is 65.2 Å². The molecule has 6 nitrogen and oxygen atoms in total. The summed E-state index contributed by atoms with van der Waals surface area (Å²) in [6.07, 6.45) is 0. The summed E-state index contributed by atoms with van der Waals surface area (Å²) in [6, 6.07) is 14.5. The van der Waals surface area contributed by atoms with Crippen LogP contribution in [-0.4, -0.2) is 36.7 Å². The number of ether oxygens (including phenoxy) is 1. The van der Waals surface area contributed by atoms with Gasteiger partial charge in [-0.15, -0.1) is 0 Å². The molecule has 0 spiro atoms. The van der Waals surface area contributed by atoms with Gasteiger partial charge in [-0.2, -0.15) is 0 Å². The fourth-order valence-corrected chi connectivity index (χ4v) is 2.27. The highest BCUT2D eigenvalue weighted by molar-refractivity contribution is 5.96. The van der Waals surface area contributed by atoms with Gasteiger partial charge in [-0.1, -0.05) is 36.4 Å². The van der Waals surface area contributed by atoms with Gasteiger partial charge in [0.05, 0.1) is 12.2 Å². The van der Waals surface area contributed by atoms with Crippen molar-refractivity contribution >= 4 is 17.6 Å². The summed E-state index contributed by atoms with van der Waals surface area (Å²) >= 11 is 0. The highest BCUT2D eigenvalue weighted by Crippen LogP contribution is 2.15. The number of rotatable bonds is 8. The fourth-order valence-electron chi connectivity index (χ4n) is 2.27. The molecule has 0 bridgehead atoms. The Balaban J connectivity index is 1.85. The summed E-state index contributed by atoms with van der Waals surface area (Å²) in [4.78, 5) is 24.0. The first-order chi connectivity index (χ1) is 12.1. The van der Waals surface area contributed by atoms with Crippen LogP contribution in [0.4, 0.5) is 5.69 Å². The van der Waals surface area contributed by atoms with Crippen molar-refractivity contribution in [2.75, 3.05) is 25.1 Å². The second kappa shape index (κ2) is 9.44. The van der Waals surface area contributed by atoms with E-state index >= 15 is 0 Å². The number of carbonyl (C=O) groups is 2. The molecule has 0 aliphatic carbocycles. The number of aliphatic hydroxyl groups excluding tert-OH is 1. The number of para-hydroxylation sites is 1. The third-order valence-electron chi connectivity index (χ3n) is 3.65. The van der Waals surface area contributed by atoms with Crippen molar-refractivity contribution in [2.24, 2.45) is 0 Å². The van der Waals surface area contributed by atoms with Gasteiger partial charge in [0.15, 0.2) is 6.61 Å². The number of nitrogens with one attached hydrogen (secondary N) is 2. The molecular weight excluding hydrogens is 320 g/mol. The molecule has 0 aromatic heterocycles. The molecule has 25 heavy (non-hydrogen) atoms. The van der Waals surface area contributed by atoms with Gasteiger partial charge in [-0.05, 0) is 30.2 Å². The summed E-state index contributed by atoms with van der Waals surface area (Å²) in [5, 5.41) is 14.5. The first-order valence-electron chi connectivity index (χ1n) is 8.04. The van der Waals surface area contributed by atoms with Crippen LogP contribution in [0.15, 0.2) is 48.5 Å². The Hall–Kier alpha value is -2.86. The van der Waals surface area contributed by atoms with E-state index < -0.39 is 5.97 Å². The van der Waals surface area contributed by atoms with E-state index in [1.165, 1.54) is 0 Å². The Morgan fingerprint density at radius 2 is 1.80 bits per heavy atom. The molecule has 1 amide bonds. The second-order valence-corrected chi connectivity index (χ2v) is 5.48. The smallest absolute Gasteiger partial charge is 0.340 e. The molecule has 2 rings (SSSR count). The zero-order valence-corrected chi connectivity index (χ0v) is 14.1. The molecule has 0 aliphatic rings. The van der Waals surface area contributed by atoms with Crippen LogP contribution in [0.3, 0.4) is 0 Å². The minimum atomic E-state index is -0.591. The number of hydrogen-bond acceptors (Lipinski definition) is 5. The number of esters is 1. The van der Waals surface area contributed by atoms with Crippen molar-refractivity contribution in [1.29, 1.82) is 0 Å². The standard InChI is InChI=1S/C19H22N2O4/c1-14-6-2-3-7-15(14)12-21-18(23)13-25-19(24)16-8-4-5-9-17(16)20-10-11-22/h2-9,20,22H,10-13H2,1H3,(H,21,23). The van der Waals surface area contributed by atoms with Crippen LogP contribution in [0.1, 0.15) is 21.5 Å². The molecule has 6 heteroatoms. The molecule has 3 N–H and O–H groups in total. The van der Waals surface area contributed by atoms with Crippen molar-refractivity contribution in [2.45, 2.75) is 13.5 Å². The highest BCUT2D eigenvalue weighted by atomic mass is 16.5. The number of benzene rings is 2. The lowest BCUT2D eigenvalue weighted by molar-refractivity contribution is -0.124. The second-order valence-electron chi connectivity index (χ2n) is 5.48. The lowest BCUT2D eigenvalue weighted by atomic mass is 10.1. The van der Waals surface area contributed by atoms with Gasteiger partial charge >= 0.3 is 5.97 Å². The van der Waals surface area contributed by atoms with Crippen LogP contribution in [0, 0.1) is 6.92 Å². The van der Waals surface area contributed by atoms with E-state index in [1.54, 1.807) is 24.3 Å². The zero-order chi connectivity index (χ0) is 18.1. The summed E-state index contributed by atoms with van der Waals surface area (Å²) < 4.78 is 5.08. The number of anilines is 1. The lowest BCUT2D eigenvalue weighted by Gasteiger charge is -2.11. The van der Waals surface area contributed by atoms with Crippen LogP contribution < -0.4 is 10.6 Å². The summed E-state index contributed by atoms with van der Waals surface area (Å²) in [5.74, 6) is -0.954. The highest BCUT2D eigenvalue weighted by Gasteiger charge is 2.14. The minimum absolute atomic E-state index is 0.0509. The molecule has 0 unspecified atom stereocenters. The van der Waals surface area contributed by atoms with E-state index in [0.717, 1.165) is 11.1 Å². The number of hydrogen-bond donors (Lipinski definition) is 3. The Labute approximate surface area is 146 Å². The van der Waals surface area contributed by atoms with E-state index in [9.17, 15) is 9.59 Å². The number of amides is 1. The predicted molar refractivity (Wildman–Crippen MR) is 95.3 cm³/mol. The fraction of sp³-hybridized carbons (Fsp3) is 0.263. The number of carbonyl (C=O) groups excluding carboxylic acids is 2. The molecule has 0 heterocycles. The first kappa shape index (κ1) is 18.5. The monoisotopic (exact) mass is 342 g/mol. The SMILES string of the molecule is Cc1ccccc1CNC(=O)COC(=O)c1ccccc1NCCO. The average molecular weight is 342 g/mol. The summed E-state index contributed by atoms with van der Waals surface area (Å²) in [7, 11) is 0. The van der Waals surface area contributed by atoms with Gasteiger partial charge < -0.3 is 20.5 Å². The molecule has 0 saturated carbocycles. The van der Waals surface area contributed by atoms with Gasteiger partial charge in [0.2, 0.25) is 0 Å². The maximum absolute atomic E-state index is 12.2. The van der Waals surface area contributed by atoms with Gasteiger partial charge in [-0.3, -0.25) is 4.79 Å². The molecule has 2 aromatic rings. The molecule has 2 aromatic carbocycles. The summed E-state index contributed by atoms with van der Waals surface area (Å²) in [5.41, 5.74) is 2.98. The molecule has 0 atom stereocenters. The van der Waals surface area contributed by atoms with E-state index in [2.05, 4.69) is 10.6 Å². The summed E-state index contributed by atoms with van der Waals surface area (Å²) in [6.45, 7) is 2.28. The van der Waals surface area contributed by atoms with Crippen LogP contribution in [0.2, 0.25) is 0 Å². The van der Waals surface area contributed by atoms with Crippen molar-refractivity contribution in [3.8, 4) is 0 Å². The van der Waals surface area contributed by atoms with Gasteiger partial charge in [0.25, 0.3) is 5.91 Å². The molecule has 0 saturated heterocycles. The van der Waals surface area contributed by atoms with Crippen LogP contribution in [0.25, 0.3) is 0 Å². The van der Waals surface area contributed by atoms with Crippen molar-refractivity contribution in [1.82, 2.24) is 5.32 Å². The van der Waals surface area contributed by atoms with Crippen molar-refractivity contribution < 1.29 is 19.4 Å². The van der Waals surface area contributed by atoms with E-state index in [-0.39, 0.29) is 19.1 Å². The van der Waals surface area contributed by atoms with E-state index in [1.807, 2.05) is 31.2 Å². The number of aliphatic hydroxyl groups is 1. The quantitative estimate of drug-likeness (QED) is 0.638. The third kappa shape index (κ3) is 5.61. The zero-order valence-electron chi connectivity index (χ0n) is 14.1. The Kier molecular flexibility index (Phi) is 6.98. The third-order valence-corrected chi connectivity index (χ3v) is 3.65. The Morgan fingerprint density at radius 1 is 1.08 bits per heavy atom. The van der Waals surface area contributed by atoms with Gasteiger partial charge in [0.1, 0.15) is 0 Å². The van der Waals surface area contributed by atoms with Gasteiger partial charge in [-0.25, -0.2) is 4.79 Å². The van der Waals surface area contributed by atoms with Crippen LogP contribution >= 0.6 is 0 Å². The number of aryl methyl sites for hydroxylation is 1. The predicted octanol–water partition coefficient (Wildman–Crippen LogP) is 1.87. The molecular formula is C19H22N2O4.